The van der Waals surface area contributed by atoms with Gasteiger partial charge in [-0.1, -0.05) is 18.2 Å². The van der Waals surface area contributed by atoms with Crippen molar-refractivity contribution in [3.05, 3.63) is 65.7 Å². The van der Waals surface area contributed by atoms with Crippen LogP contribution in [0, 0.1) is 0 Å². The van der Waals surface area contributed by atoms with Crippen molar-refractivity contribution in [2.75, 3.05) is 0 Å². The van der Waals surface area contributed by atoms with Gasteiger partial charge in [-0.15, -0.1) is 0 Å². The molecule has 7 heteroatoms. The van der Waals surface area contributed by atoms with Gasteiger partial charge in [0.25, 0.3) is 11.8 Å². The van der Waals surface area contributed by atoms with E-state index in [0.717, 1.165) is 0 Å². The van der Waals surface area contributed by atoms with Gasteiger partial charge in [0.1, 0.15) is 11.5 Å². The zero-order valence-electron chi connectivity index (χ0n) is 12.8. The Morgan fingerprint density at radius 1 is 1.12 bits per heavy atom. The minimum absolute atomic E-state index is 0.146. The Labute approximate surface area is 138 Å². The van der Waals surface area contributed by atoms with Crippen molar-refractivity contribution in [1.82, 2.24) is 10.6 Å². The highest BCUT2D eigenvalue weighted by Crippen LogP contribution is 2.08. The van der Waals surface area contributed by atoms with Crippen LogP contribution in [0.5, 0.6) is 0 Å². The first-order chi connectivity index (χ1) is 11.5. The Hall–Kier alpha value is -3.35. The second kappa shape index (κ2) is 7.77. The molecule has 2 amide bonds. The molecule has 24 heavy (non-hydrogen) atoms. The standard InChI is InChI=1S/C17H16N2O5/c1-11(17(22)23)18-16(21)14(10-13-8-5-9-24-13)19-15(20)12-6-3-2-4-7-12/h2-11H,1H3,(H,18,21)(H,19,20)(H,22,23)/p-1/b14-10+/t11-/m1/s1. The Morgan fingerprint density at radius 2 is 1.83 bits per heavy atom. The van der Waals surface area contributed by atoms with Crippen LogP contribution in [0.2, 0.25) is 0 Å². The van der Waals surface area contributed by atoms with Gasteiger partial charge in [0, 0.05) is 11.6 Å². The van der Waals surface area contributed by atoms with Crippen LogP contribution in [-0.4, -0.2) is 23.8 Å². The first-order valence-electron chi connectivity index (χ1n) is 7.10. The third-order valence-electron chi connectivity index (χ3n) is 3.06. The van der Waals surface area contributed by atoms with E-state index in [1.807, 2.05) is 0 Å². The quantitative estimate of drug-likeness (QED) is 0.742. The molecule has 0 aliphatic heterocycles. The van der Waals surface area contributed by atoms with E-state index in [2.05, 4.69) is 10.6 Å². The number of aliphatic carboxylic acids is 1. The van der Waals surface area contributed by atoms with Gasteiger partial charge in [-0.25, -0.2) is 0 Å². The van der Waals surface area contributed by atoms with Gasteiger partial charge >= 0.3 is 0 Å². The molecule has 1 heterocycles. The third kappa shape index (κ3) is 4.57. The van der Waals surface area contributed by atoms with Crippen LogP contribution in [0.1, 0.15) is 23.0 Å². The first kappa shape index (κ1) is 17.0. The SMILES string of the molecule is C[C@@H](NC(=O)/C(=C\c1ccco1)NC(=O)c1ccccc1)C(=O)[O-]. The fourth-order valence-corrected chi connectivity index (χ4v) is 1.79. The van der Waals surface area contributed by atoms with Gasteiger partial charge in [0.2, 0.25) is 0 Å². The monoisotopic (exact) mass is 327 g/mol. The van der Waals surface area contributed by atoms with Gasteiger partial charge in [0.15, 0.2) is 0 Å². The van der Waals surface area contributed by atoms with Crippen LogP contribution in [0.15, 0.2) is 58.8 Å². The minimum Gasteiger partial charge on any atom is -0.548 e. The molecule has 1 aromatic heterocycles. The number of nitrogens with one attached hydrogen (secondary N) is 2. The molecule has 2 rings (SSSR count). The number of benzene rings is 1. The van der Waals surface area contributed by atoms with Crippen LogP contribution >= 0.6 is 0 Å². The first-order valence-corrected chi connectivity index (χ1v) is 7.10. The van der Waals surface area contributed by atoms with Crippen molar-refractivity contribution in [3.8, 4) is 0 Å². The van der Waals surface area contributed by atoms with E-state index in [4.69, 9.17) is 4.42 Å². The van der Waals surface area contributed by atoms with E-state index in [9.17, 15) is 19.5 Å². The molecule has 1 atom stereocenters. The normalized spacial score (nSPS) is 12.3. The maximum Gasteiger partial charge on any atom is 0.268 e. The lowest BCUT2D eigenvalue weighted by atomic mass is 10.2. The molecular formula is C17H15N2O5-. The van der Waals surface area contributed by atoms with Crippen molar-refractivity contribution < 1.29 is 23.9 Å². The molecule has 124 valence electrons. The number of carbonyl (C=O) groups is 3. The molecule has 0 unspecified atom stereocenters. The summed E-state index contributed by atoms with van der Waals surface area (Å²) in [6.07, 6.45) is 2.71. The lowest BCUT2D eigenvalue weighted by Crippen LogP contribution is -2.48. The minimum atomic E-state index is -1.44. The third-order valence-corrected chi connectivity index (χ3v) is 3.06. The molecule has 1 aromatic carbocycles. The number of hydrogen-bond donors (Lipinski definition) is 2. The number of carboxylic acid groups (broad SMARTS) is 1. The summed E-state index contributed by atoms with van der Waals surface area (Å²) in [5.74, 6) is -2.39. The maximum atomic E-state index is 12.2. The zero-order valence-corrected chi connectivity index (χ0v) is 12.8. The number of amides is 2. The summed E-state index contributed by atoms with van der Waals surface area (Å²) in [7, 11) is 0. The van der Waals surface area contributed by atoms with Crippen molar-refractivity contribution in [2.45, 2.75) is 13.0 Å². The number of furan rings is 1. The molecule has 0 saturated heterocycles. The summed E-state index contributed by atoms with van der Waals surface area (Å²) in [5.41, 5.74) is 0.204. The van der Waals surface area contributed by atoms with E-state index in [0.29, 0.717) is 11.3 Å². The highest BCUT2D eigenvalue weighted by atomic mass is 16.4. The summed E-state index contributed by atoms with van der Waals surface area (Å²) in [6, 6.07) is 10.3. The largest absolute Gasteiger partial charge is 0.548 e. The average molecular weight is 327 g/mol. The molecule has 0 aliphatic rings. The number of rotatable bonds is 6. The highest BCUT2D eigenvalue weighted by molar-refractivity contribution is 6.05. The van der Waals surface area contributed by atoms with Crippen molar-refractivity contribution in [2.24, 2.45) is 0 Å². The van der Waals surface area contributed by atoms with Gasteiger partial charge < -0.3 is 25.0 Å². The summed E-state index contributed by atoms with van der Waals surface area (Å²) < 4.78 is 5.12. The van der Waals surface area contributed by atoms with Gasteiger partial charge in [0.05, 0.1) is 18.3 Å². The molecular weight excluding hydrogens is 312 g/mol. The van der Waals surface area contributed by atoms with Gasteiger partial charge in [-0.3, -0.25) is 9.59 Å². The number of hydrogen-bond acceptors (Lipinski definition) is 5. The summed E-state index contributed by atoms with van der Waals surface area (Å²) >= 11 is 0. The van der Waals surface area contributed by atoms with Crippen LogP contribution in [0.3, 0.4) is 0 Å². The van der Waals surface area contributed by atoms with Crippen molar-refractivity contribution in [3.63, 3.8) is 0 Å². The van der Waals surface area contributed by atoms with Crippen LogP contribution in [0.25, 0.3) is 6.08 Å². The molecule has 0 aliphatic carbocycles. The van der Waals surface area contributed by atoms with Crippen LogP contribution in [-0.2, 0) is 9.59 Å². The molecule has 7 nitrogen and oxygen atoms in total. The Kier molecular flexibility index (Phi) is 5.51. The van der Waals surface area contributed by atoms with E-state index in [-0.39, 0.29) is 5.70 Å². The highest BCUT2D eigenvalue weighted by Gasteiger charge is 2.17. The van der Waals surface area contributed by atoms with Crippen LogP contribution < -0.4 is 15.7 Å². The summed E-state index contributed by atoms with van der Waals surface area (Å²) in [4.78, 5) is 35.2. The Morgan fingerprint density at radius 3 is 2.42 bits per heavy atom. The second-order valence-corrected chi connectivity index (χ2v) is 4.91. The fourth-order valence-electron chi connectivity index (χ4n) is 1.79. The van der Waals surface area contributed by atoms with Crippen LogP contribution in [0.4, 0.5) is 0 Å². The van der Waals surface area contributed by atoms with E-state index in [1.54, 1.807) is 42.5 Å². The molecule has 2 aromatic rings. The lowest BCUT2D eigenvalue weighted by Gasteiger charge is -2.16. The van der Waals surface area contributed by atoms with Crippen molar-refractivity contribution in [1.29, 1.82) is 0 Å². The molecule has 0 saturated carbocycles. The molecule has 0 spiro atoms. The zero-order chi connectivity index (χ0) is 17.5. The van der Waals surface area contributed by atoms with Gasteiger partial charge in [-0.05, 0) is 31.2 Å². The van der Waals surface area contributed by atoms with E-state index < -0.39 is 23.8 Å². The molecule has 0 bridgehead atoms. The van der Waals surface area contributed by atoms with Crippen molar-refractivity contribution >= 4 is 23.9 Å². The number of carbonyl (C=O) groups excluding carboxylic acids is 3. The van der Waals surface area contributed by atoms with Gasteiger partial charge in [-0.2, -0.15) is 0 Å². The lowest BCUT2D eigenvalue weighted by molar-refractivity contribution is -0.307. The molecule has 0 fully saturated rings. The predicted molar refractivity (Wildman–Crippen MR) is 83.2 cm³/mol. The van der Waals surface area contributed by atoms with E-state index in [1.165, 1.54) is 19.3 Å². The fraction of sp³-hybridized carbons (Fsp3) is 0.118. The summed E-state index contributed by atoms with van der Waals surface area (Å²) in [6.45, 7) is 1.26. The topological polar surface area (TPSA) is 111 Å². The average Bonchev–Trinajstić information content (AvgIpc) is 3.07. The Balaban J connectivity index is 2.22. The predicted octanol–water partition coefficient (Wildman–Crippen LogP) is 0.305. The second-order valence-electron chi connectivity index (χ2n) is 4.91. The molecule has 0 radical (unpaired) electrons. The Bertz CT molecular complexity index is 751. The van der Waals surface area contributed by atoms with E-state index >= 15 is 0 Å². The summed E-state index contributed by atoms with van der Waals surface area (Å²) in [5, 5.41) is 15.4. The smallest absolute Gasteiger partial charge is 0.268 e. The maximum absolute atomic E-state index is 12.2. The number of carboxylic acids is 1. The molecule has 2 N–H and O–H groups in total.